The summed E-state index contributed by atoms with van der Waals surface area (Å²) in [4.78, 5) is 32.3. The van der Waals surface area contributed by atoms with Crippen LogP contribution in [0.15, 0.2) is 24.0 Å². The summed E-state index contributed by atoms with van der Waals surface area (Å²) in [7, 11) is 0. The Kier molecular flexibility index (Phi) is 2.52. The molecule has 0 atom stereocenters. The van der Waals surface area contributed by atoms with Crippen LogP contribution in [-0.2, 0) is 16.1 Å². The number of carbonyl (C=O) groups is 2. The van der Waals surface area contributed by atoms with Gasteiger partial charge < -0.3 is 0 Å². The largest absolute Gasteiger partial charge is 0.269 e. The summed E-state index contributed by atoms with van der Waals surface area (Å²) >= 11 is 0. The van der Waals surface area contributed by atoms with E-state index in [0.717, 1.165) is 10.6 Å². The van der Waals surface area contributed by atoms with Crippen molar-refractivity contribution in [1.29, 1.82) is 0 Å². The van der Waals surface area contributed by atoms with Gasteiger partial charge in [0, 0.05) is 17.8 Å². The lowest BCUT2D eigenvalue weighted by Gasteiger charge is -2.13. The predicted octanol–water partition coefficient (Wildman–Crippen LogP) is 0.600. The average molecular weight is 217 g/mol. The number of rotatable bonds is 2. The third-order valence-electron chi connectivity index (χ3n) is 2.34. The normalized spacial score (nSPS) is 15.6. The quantitative estimate of drug-likeness (QED) is 0.680. The van der Waals surface area contributed by atoms with Crippen molar-refractivity contribution in [2.75, 3.05) is 0 Å². The van der Waals surface area contributed by atoms with Crippen molar-refractivity contribution >= 4 is 11.8 Å². The molecule has 0 aromatic carbocycles. The van der Waals surface area contributed by atoms with Crippen molar-refractivity contribution in [2.24, 2.45) is 0 Å². The highest BCUT2D eigenvalue weighted by Gasteiger charge is 2.28. The maximum Gasteiger partial charge on any atom is 0.256 e. The Labute approximate surface area is 92.8 Å². The highest BCUT2D eigenvalue weighted by atomic mass is 16.2. The molecule has 1 aromatic heterocycles. The first-order valence-electron chi connectivity index (χ1n) is 4.89. The van der Waals surface area contributed by atoms with Crippen LogP contribution in [0.4, 0.5) is 0 Å². The zero-order chi connectivity index (χ0) is 11.7. The Morgan fingerprint density at radius 2 is 1.94 bits per heavy atom. The Balaban J connectivity index is 2.15. The second-order valence-corrected chi connectivity index (χ2v) is 3.71. The Morgan fingerprint density at radius 1 is 1.19 bits per heavy atom. The minimum atomic E-state index is -0.287. The van der Waals surface area contributed by atoms with Gasteiger partial charge in [-0.2, -0.15) is 0 Å². The summed E-state index contributed by atoms with van der Waals surface area (Å²) in [5.41, 5.74) is 1.87. The SMILES string of the molecule is CC1=CC(=O)N(Cc2cnc(C)cn2)C1=O. The van der Waals surface area contributed by atoms with Crippen molar-refractivity contribution in [3.8, 4) is 0 Å². The molecule has 1 aliphatic heterocycles. The molecule has 82 valence electrons. The minimum absolute atomic E-state index is 0.179. The van der Waals surface area contributed by atoms with Gasteiger partial charge in [-0.3, -0.25) is 24.5 Å². The van der Waals surface area contributed by atoms with Crippen LogP contribution in [0.5, 0.6) is 0 Å². The zero-order valence-corrected chi connectivity index (χ0v) is 9.10. The van der Waals surface area contributed by atoms with Crippen LogP contribution in [0.3, 0.4) is 0 Å². The number of aryl methyl sites for hydroxylation is 1. The fourth-order valence-electron chi connectivity index (χ4n) is 1.45. The first-order chi connectivity index (χ1) is 7.58. The molecule has 0 unspecified atom stereocenters. The molecule has 0 bridgehead atoms. The van der Waals surface area contributed by atoms with E-state index in [1.807, 2.05) is 6.92 Å². The molecule has 2 amide bonds. The van der Waals surface area contributed by atoms with E-state index in [9.17, 15) is 9.59 Å². The maximum atomic E-state index is 11.6. The molecule has 5 nitrogen and oxygen atoms in total. The molecule has 0 aliphatic carbocycles. The molecule has 0 radical (unpaired) electrons. The minimum Gasteiger partial charge on any atom is -0.269 e. The lowest BCUT2D eigenvalue weighted by atomic mass is 10.3. The van der Waals surface area contributed by atoms with Crippen molar-refractivity contribution in [2.45, 2.75) is 20.4 Å². The zero-order valence-electron chi connectivity index (χ0n) is 9.10. The van der Waals surface area contributed by atoms with Crippen LogP contribution in [0, 0.1) is 6.92 Å². The molecular formula is C11H11N3O2. The van der Waals surface area contributed by atoms with Crippen LogP contribution in [0.2, 0.25) is 0 Å². The van der Waals surface area contributed by atoms with Crippen molar-refractivity contribution in [3.63, 3.8) is 0 Å². The van der Waals surface area contributed by atoms with Gasteiger partial charge in [-0.25, -0.2) is 0 Å². The van der Waals surface area contributed by atoms with E-state index in [0.29, 0.717) is 11.3 Å². The molecule has 0 spiro atoms. The molecular weight excluding hydrogens is 206 g/mol. The smallest absolute Gasteiger partial charge is 0.256 e. The van der Waals surface area contributed by atoms with Gasteiger partial charge in [-0.1, -0.05) is 0 Å². The third-order valence-corrected chi connectivity index (χ3v) is 2.34. The molecule has 1 aliphatic rings. The average Bonchev–Trinajstić information content (AvgIpc) is 2.48. The molecule has 2 rings (SSSR count). The van der Waals surface area contributed by atoms with Gasteiger partial charge in [0.15, 0.2) is 0 Å². The van der Waals surface area contributed by atoms with Crippen molar-refractivity contribution in [1.82, 2.24) is 14.9 Å². The van der Waals surface area contributed by atoms with E-state index in [1.54, 1.807) is 19.3 Å². The number of imide groups is 1. The number of amides is 2. The fraction of sp³-hybridized carbons (Fsp3) is 0.273. The van der Waals surface area contributed by atoms with Gasteiger partial charge in [0.2, 0.25) is 0 Å². The Hall–Kier alpha value is -2.04. The standard InChI is InChI=1S/C11H11N3O2/c1-7-3-10(15)14(11(7)16)6-9-5-12-8(2)4-13-9/h3-5H,6H2,1-2H3. The molecule has 16 heavy (non-hydrogen) atoms. The number of nitrogens with zero attached hydrogens (tertiary/aromatic N) is 3. The van der Waals surface area contributed by atoms with Gasteiger partial charge in [0.05, 0.1) is 24.1 Å². The van der Waals surface area contributed by atoms with Gasteiger partial charge >= 0.3 is 0 Å². The van der Waals surface area contributed by atoms with E-state index in [4.69, 9.17) is 0 Å². The highest BCUT2D eigenvalue weighted by molar-refractivity contribution is 6.15. The van der Waals surface area contributed by atoms with Crippen molar-refractivity contribution in [3.05, 3.63) is 35.4 Å². The lowest BCUT2D eigenvalue weighted by molar-refractivity contribution is -0.137. The van der Waals surface area contributed by atoms with Gasteiger partial charge in [-0.05, 0) is 13.8 Å². The molecule has 5 heteroatoms. The monoisotopic (exact) mass is 217 g/mol. The van der Waals surface area contributed by atoms with E-state index >= 15 is 0 Å². The summed E-state index contributed by atoms with van der Waals surface area (Å²) in [6.07, 6.45) is 4.52. The summed E-state index contributed by atoms with van der Waals surface area (Å²) in [5, 5.41) is 0. The molecule has 0 saturated heterocycles. The molecule has 2 heterocycles. The summed E-state index contributed by atoms with van der Waals surface area (Å²) in [5.74, 6) is -0.544. The van der Waals surface area contributed by atoms with Crippen molar-refractivity contribution < 1.29 is 9.59 Å². The maximum absolute atomic E-state index is 11.6. The molecule has 0 fully saturated rings. The topological polar surface area (TPSA) is 63.2 Å². The first-order valence-corrected chi connectivity index (χ1v) is 4.89. The number of hydrogen-bond acceptors (Lipinski definition) is 4. The fourth-order valence-corrected chi connectivity index (χ4v) is 1.45. The molecule has 0 saturated carbocycles. The third kappa shape index (κ3) is 1.84. The van der Waals surface area contributed by atoms with Crippen LogP contribution >= 0.6 is 0 Å². The Bertz CT molecular complexity index is 477. The van der Waals surface area contributed by atoms with E-state index in [1.165, 1.54) is 6.08 Å². The second kappa shape index (κ2) is 3.84. The van der Waals surface area contributed by atoms with Crippen LogP contribution in [0.1, 0.15) is 18.3 Å². The first kappa shape index (κ1) is 10.5. The number of hydrogen-bond donors (Lipinski definition) is 0. The van der Waals surface area contributed by atoms with E-state index < -0.39 is 0 Å². The van der Waals surface area contributed by atoms with Gasteiger partial charge in [0.25, 0.3) is 11.8 Å². The number of aromatic nitrogens is 2. The highest BCUT2D eigenvalue weighted by Crippen LogP contribution is 2.14. The summed E-state index contributed by atoms with van der Waals surface area (Å²) < 4.78 is 0. The summed E-state index contributed by atoms with van der Waals surface area (Å²) in [6.45, 7) is 3.63. The Morgan fingerprint density at radius 3 is 2.44 bits per heavy atom. The van der Waals surface area contributed by atoms with Crippen LogP contribution < -0.4 is 0 Å². The van der Waals surface area contributed by atoms with E-state index in [2.05, 4.69) is 9.97 Å². The second-order valence-electron chi connectivity index (χ2n) is 3.71. The molecule has 0 N–H and O–H groups in total. The summed E-state index contributed by atoms with van der Waals surface area (Å²) in [6, 6.07) is 0. The van der Waals surface area contributed by atoms with Crippen LogP contribution in [-0.4, -0.2) is 26.7 Å². The molecule has 1 aromatic rings. The number of carbonyl (C=O) groups excluding carboxylic acids is 2. The van der Waals surface area contributed by atoms with E-state index in [-0.39, 0.29) is 18.4 Å². The predicted molar refractivity (Wildman–Crippen MR) is 56.1 cm³/mol. The van der Waals surface area contributed by atoms with Crippen LogP contribution in [0.25, 0.3) is 0 Å². The van der Waals surface area contributed by atoms with Gasteiger partial charge in [-0.15, -0.1) is 0 Å². The lowest BCUT2D eigenvalue weighted by Crippen LogP contribution is -2.30. The van der Waals surface area contributed by atoms with Gasteiger partial charge in [0.1, 0.15) is 0 Å².